The van der Waals surface area contributed by atoms with Crippen LogP contribution < -0.4 is 10.6 Å². The number of nitrogens with zero attached hydrogens (tertiary/aromatic N) is 2. The lowest BCUT2D eigenvalue weighted by Crippen LogP contribution is -2.37. The van der Waals surface area contributed by atoms with Crippen molar-refractivity contribution >= 4 is 28.1 Å². The standard InChI is InChI=1S/C19H20N4O2S/c1-2-7-20-17(24)15-16(23-8-9-26-19(23)22-15)18(25)21-14-10-12-5-3-4-6-13(12)11-14/h3-6,8-9,14H,2,7,10-11H2,1H3,(H,20,24)(H,21,25). The Morgan fingerprint density at radius 1 is 1.23 bits per heavy atom. The summed E-state index contributed by atoms with van der Waals surface area (Å²) in [4.78, 5) is 30.4. The number of carbonyl (C=O) groups is 2. The molecule has 0 radical (unpaired) electrons. The highest BCUT2D eigenvalue weighted by Crippen LogP contribution is 2.23. The SMILES string of the molecule is CCCNC(=O)c1nc2sccn2c1C(=O)NC1Cc2ccccc2C1. The molecule has 0 bridgehead atoms. The Balaban J connectivity index is 1.58. The van der Waals surface area contributed by atoms with Crippen LogP contribution in [0.2, 0.25) is 0 Å². The van der Waals surface area contributed by atoms with Gasteiger partial charge in [-0.1, -0.05) is 31.2 Å². The van der Waals surface area contributed by atoms with Gasteiger partial charge >= 0.3 is 0 Å². The molecule has 2 amide bonds. The molecule has 7 heteroatoms. The number of aromatic nitrogens is 2. The predicted molar refractivity (Wildman–Crippen MR) is 101 cm³/mol. The van der Waals surface area contributed by atoms with Gasteiger partial charge in [-0.3, -0.25) is 14.0 Å². The normalized spacial score (nSPS) is 13.7. The highest BCUT2D eigenvalue weighted by Gasteiger charge is 2.28. The number of hydrogen-bond donors (Lipinski definition) is 2. The maximum atomic E-state index is 13.0. The maximum Gasteiger partial charge on any atom is 0.272 e. The van der Waals surface area contributed by atoms with Crippen molar-refractivity contribution in [2.75, 3.05) is 6.54 Å². The number of benzene rings is 1. The first-order chi connectivity index (χ1) is 12.7. The topological polar surface area (TPSA) is 75.5 Å². The van der Waals surface area contributed by atoms with Gasteiger partial charge in [-0.25, -0.2) is 4.98 Å². The predicted octanol–water partition coefficient (Wildman–Crippen LogP) is 2.43. The molecule has 0 fully saturated rings. The molecule has 6 nitrogen and oxygen atoms in total. The van der Waals surface area contributed by atoms with Gasteiger partial charge in [0.25, 0.3) is 11.8 Å². The minimum atomic E-state index is -0.303. The first-order valence-electron chi connectivity index (χ1n) is 8.78. The quantitative estimate of drug-likeness (QED) is 0.726. The molecule has 0 saturated carbocycles. The van der Waals surface area contributed by atoms with Crippen molar-refractivity contribution in [3.05, 3.63) is 58.4 Å². The number of imidazole rings is 1. The zero-order valence-electron chi connectivity index (χ0n) is 14.5. The summed E-state index contributed by atoms with van der Waals surface area (Å²) in [7, 11) is 0. The maximum absolute atomic E-state index is 13.0. The lowest BCUT2D eigenvalue weighted by molar-refractivity contribution is 0.0904. The zero-order valence-corrected chi connectivity index (χ0v) is 15.3. The highest BCUT2D eigenvalue weighted by atomic mass is 32.1. The summed E-state index contributed by atoms with van der Waals surface area (Å²) in [5.74, 6) is -0.557. The largest absolute Gasteiger partial charge is 0.351 e. The molecule has 0 unspecified atom stereocenters. The number of hydrogen-bond acceptors (Lipinski definition) is 4. The average molecular weight is 368 g/mol. The second-order valence-corrected chi connectivity index (χ2v) is 7.34. The van der Waals surface area contributed by atoms with Gasteiger partial charge < -0.3 is 10.6 Å². The van der Waals surface area contributed by atoms with Crippen LogP contribution in [0.4, 0.5) is 0 Å². The molecule has 134 valence electrons. The second-order valence-electron chi connectivity index (χ2n) is 6.47. The zero-order chi connectivity index (χ0) is 18.1. The van der Waals surface area contributed by atoms with Crippen LogP contribution in [0.5, 0.6) is 0 Å². The second kappa shape index (κ2) is 6.92. The van der Waals surface area contributed by atoms with Gasteiger partial charge in [0.2, 0.25) is 0 Å². The number of nitrogens with one attached hydrogen (secondary N) is 2. The van der Waals surface area contributed by atoms with E-state index in [0.717, 1.165) is 19.3 Å². The molecule has 2 N–H and O–H groups in total. The summed E-state index contributed by atoms with van der Waals surface area (Å²) in [6.07, 6.45) is 4.23. The van der Waals surface area contributed by atoms with Crippen LogP contribution >= 0.6 is 11.3 Å². The smallest absolute Gasteiger partial charge is 0.272 e. The minimum absolute atomic E-state index is 0.0376. The van der Waals surface area contributed by atoms with E-state index in [1.54, 1.807) is 10.6 Å². The van der Waals surface area contributed by atoms with Gasteiger partial charge in [0.1, 0.15) is 5.69 Å². The minimum Gasteiger partial charge on any atom is -0.351 e. The molecule has 4 rings (SSSR count). The molecule has 26 heavy (non-hydrogen) atoms. The Hall–Kier alpha value is -2.67. The van der Waals surface area contributed by atoms with E-state index < -0.39 is 0 Å². The third-order valence-electron chi connectivity index (χ3n) is 4.61. The molecule has 0 aliphatic heterocycles. The van der Waals surface area contributed by atoms with Crippen LogP contribution in [0, 0.1) is 0 Å². The van der Waals surface area contributed by atoms with Crippen molar-refractivity contribution in [3.8, 4) is 0 Å². The number of rotatable bonds is 5. The van der Waals surface area contributed by atoms with Crippen LogP contribution in [0.1, 0.15) is 45.4 Å². The van der Waals surface area contributed by atoms with Crippen molar-refractivity contribution in [2.24, 2.45) is 0 Å². The van der Waals surface area contributed by atoms with E-state index in [-0.39, 0.29) is 23.6 Å². The van der Waals surface area contributed by atoms with Crippen LogP contribution in [-0.4, -0.2) is 33.8 Å². The first-order valence-corrected chi connectivity index (χ1v) is 9.66. The average Bonchev–Trinajstić information content (AvgIpc) is 3.32. The Morgan fingerprint density at radius 3 is 2.65 bits per heavy atom. The summed E-state index contributed by atoms with van der Waals surface area (Å²) in [5, 5.41) is 7.76. The van der Waals surface area contributed by atoms with E-state index in [4.69, 9.17) is 0 Å². The molecule has 1 aliphatic rings. The van der Waals surface area contributed by atoms with Crippen molar-refractivity contribution in [1.29, 1.82) is 0 Å². The highest BCUT2D eigenvalue weighted by molar-refractivity contribution is 7.15. The lowest BCUT2D eigenvalue weighted by Gasteiger charge is -2.12. The van der Waals surface area contributed by atoms with Gasteiger partial charge in [-0.15, -0.1) is 11.3 Å². The molecular formula is C19H20N4O2S. The van der Waals surface area contributed by atoms with E-state index >= 15 is 0 Å². The molecule has 0 atom stereocenters. The molecule has 1 aromatic carbocycles. The van der Waals surface area contributed by atoms with Crippen molar-refractivity contribution in [1.82, 2.24) is 20.0 Å². The van der Waals surface area contributed by atoms with Crippen molar-refractivity contribution < 1.29 is 9.59 Å². The number of thiazole rings is 1. The summed E-state index contributed by atoms with van der Waals surface area (Å²) >= 11 is 1.41. The third-order valence-corrected chi connectivity index (χ3v) is 5.37. The summed E-state index contributed by atoms with van der Waals surface area (Å²) < 4.78 is 1.70. The van der Waals surface area contributed by atoms with Gasteiger partial charge in [-0.05, 0) is 30.4 Å². The first kappa shape index (κ1) is 16.8. The fourth-order valence-electron chi connectivity index (χ4n) is 3.40. The van der Waals surface area contributed by atoms with Crippen LogP contribution in [0.15, 0.2) is 35.8 Å². The monoisotopic (exact) mass is 368 g/mol. The van der Waals surface area contributed by atoms with E-state index in [9.17, 15) is 9.59 Å². The Labute approximate surface area is 155 Å². The molecule has 3 aromatic rings. The summed E-state index contributed by atoms with van der Waals surface area (Å²) in [5.41, 5.74) is 3.05. The van der Waals surface area contributed by atoms with Crippen molar-refractivity contribution in [2.45, 2.75) is 32.2 Å². The Kier molecular flexibility index (Phi) is 4.46. The van der Waals surface area contributed by atoms with E-state index in [1.165, 1.54) is 22.5 Å². The molecule has 2 heterocycles. The Bertz CT molecular complexity index is 950. The van der Waals surface area contributed by atoms with Gasteiger partial charge in [0.15, 0.2) is 10.7 Å². The van der Waals surface area contributed by atoms with Crippen LogP contribution in [0.3, 0.4) is 0 Å². The van der Waals surface area contributed by atoms with Gasteiger partial charge in [-0.2, -0.15) is 0 Å². The van der Waals surface area contributed by atoms with E-state index in [0.29, 0.717) is 17.2 Å². The molecule has 1 aliphatic carbocycles. The third kappa shape index (κ3) is 2.99. The fourth-order valence-corrected chi connectivity index (χ4v) is 4.11. The number of carbonyl (C=O) groups excluding carboxylic acids is 2. The molecule has 0 spiro atoms. The van der Waals surface area contributed by atoms with E-state index in [2.05, 4.69) is 27.8 Å². The van der Waals surface area contributed by atoms with Crippen molar-refractivity contribution in [3.63, 3.8) is 0 Å². The van der Waals surface area contributed by atoms with Gasteiger partial charge in [0.05, 0.1) is 0 Å². The summed E-state index contributed by atoms with van der Waals surface area (Å²) in [6.45, 7) is 2.54. The molecule has 0 saturated heterocycles. The Morgan fingerprint density at radius 2 is 1.96 bits per heavy atom. The molecular weight excluding hydrogens is 348 g/mol. The van der Waals surface area contributed by atoms with E-state index in [1.807, 2.05) is 24.4 Å². The van der Waals surface area contributed by atoms with Crippen LogP contribution in [0.25, 0.3) is 4.96 Å². The number of fused-ring (bicyclic) bond motifs is 2. The summed E-state index contributed by atoms with van der Waals surface area (Å²) in [6, 6.07) is 8.27. The number of amides is 2. The van der Waals surface area contributed by atoms with Gasteiger partial charge in [0, 0.05) is 24.2 Å². The lowest BCUT2D eigenvalue weighted by atomic mass is 10.1. The fraction of sp³-hybridized carbons (Fsp3) is 0.316. The molecule has 2 aromatic heterocycles. The van der Waals surface area contributed by atoms with Crippen LogP contribution in [-0.2, 0) is 12.8 Å².